The summed E-state index contributed by atoms with van der Waals surface area (Å²) in [6, 6.07) is 1.55. The molecule has 0 aromatic carbocycles. The molecule has 1 aliphatic rings. The van der Waals surface area contributed by atoms with Crippen LogP contribution in [-0.2, 0) is 10.1 Å². The number of amides is 1. The zero-order valence-electron chi connectivity index (χ0n) is 15.6. The number of alkyl halides is 3. The summed E-state index contributed by atoms with van der Waals surface area (Å²) in [6.45, 7) is 4.21. The number of carbonyl (C=O) groups is 1. The predicted molar refractivity (Wildman–Crippen MR) is 101 cm³/mol. The van der Waals surface area contributed by atoms with Crippen molar-refractivity contribution in [1.82, 2.24) is 14.9 Å². The van der Waals surface area contributed by atoms with Gasteiger partial charge in [-0.25, -0.2) is 9.78 Å². The van der Waals surface area contributed by atoms with Crippen LogP contribution in [-0.4, -0.2) is 65.2 Å². The van der Waals surface area contributed by atoms with E-state index in [2.05, 4.69) is 14.2 Å². The van der Waals surface area contributed by atoms with Crippen LogP contribution in [0.1, 0.15) is 13.8 Å². The molecule has 0 unspecified atom stereocenters. The summed E-state index contributed by atoms with van der Waals surface area (Å²) >= 11 is 6.44. The highest BCUT2D eigenvalue weighted by atomic mass is 35.5. The standard InChI is InChI=1S/C16H16ClF3N4O5S/c1-8-6-23(7-9(2)24(8)15(25)26)11-5-21-14-10(13(11)17)3-4-12(22-14)29-30(27,28)16(18,19)20/h3-5,8-9H,6-7H2,1-2H3,(H,25,26)/t8-,9-/m0/s1. The Morgan fingerprint density at radius 2 is 1.87 bits per heavy atom. The quantitative estimate of drug-likeness (QED) is 0.540. The first-order valence-electron chi connectivity index (χ1n) is 8.54. The molecule has 2 atom stereocenters. The molecular formula is C16H16ClF3N4O5S. The Morgan fingerprint density at radius 3 is 2.40 bits per heavy atom. The van der Waals surface area contributed by atoms with Gasteiger partial charge in [0.05, 0.1) is 29.0 Å². The van der Waals surface area contributed by atoms with E-state index in [4.69, 9.17) is 11.6 Å². The van der Waals surface area contributed by atoms with Gasteiger partial charge in [-0.1, -0.05) is 11.6 Å². The van der Waals surface area contributed by atoms with Crippen molar-refractivity contribution in [2.45, 2.75) is 31.4 Å². The Kier molecular flexibility index (Phi) is 5.62. The highest BCUT2D eigenvalue weighted by Gasteiger charge is 2.49. The molecule has 1 N–H and O–H groups in total. The second-order valence-electron chi connectivity index (χ2n) is 6.75. The normalized spacial score (nSPS) is 20.5. The lowest BCUT2D eigenvalue weighted by Gasteiger charge is -2.44. The van der Waals surface area contributed by atoms with Crippen LogP contribution in [0.5, 0.6) is 5.88 Å². The molecule has 3 rings (SSSR count). The van der Waals surface area contributed by atoms with Gasteiger partial charge in [-0.2, -0.15) is 26.6 Å². The van der Waals surface area contributed by atoms with Crippen LogP contribution in [0, 0.1) is 0 Å². The van der Waals surface area contributed by atoms with E-state index in [1.54, 1.807) is 13.8 Å². The monoisotopic (exact) mass is 468 g/mol. The summed E-state index contributed by atoms with van der Waals surface area (Å²) in [7, 11) is -5.86. The van der Waals surface area contributed by atoms with Crippen molar-refractivity contribution in [1.29, 1.82) is 0 Å². The van der Waals surface area contributed by atoms with Crippen molar-refractivity contribution in [2.75, 3.05) is 18.0 Å². The number of rotatable bonds is 3. The van der Waals surface area contributed by atoms with Crippen LogP contribution in [0.4, 0.5) is 23.7 Å². The maximum Gasteiger partial charge on any atom is 0.534 e. The third kappa shape index (κ3) is 4.03. The summed E-state index contributed by atoms with van der Waals surface area (Å²) in [5, 5.41) is 9.79. The molecule has 1 saturated heterocycles. The second-order valence-corrected chi connectivity index (χ2v) is 8.67. The maximum absolute atomic E-state index is 12.5. The van der Waals surface area contributed by atoms with E-state index in [1.807, 2.05) is 4.90 Å². The van der Waals surface area contributed by atoms with Gasteiger partial charge in [-0.15, -0.1) is 0 Å². The van der Waals surface area contributed by atoms with Gasteiger partial charge in [0.25, 0.3) is 0 Å². The molecule has 9 nitrogen and oxygen atoms in total. The van der Waals surface area contributed by atoms with E-state index in [-0.39, 0.29) is 28.1 Å². The minimum atomic E-state index is -5.86. The number of nitrogens with zero attached hydrogens (tertiary/aromatic N) is 4. The van der Waals surface area contributed by atoms with Gasteiger partial charge < -0.3 is 14.2 Å². The molecule has 0 radical (unpaired) electrons. The van der Waals surface area contributed by atoms with Gasteiger partial charge in [0.1, 0.15) is 0 Å². The molecule has 2 aromatic heterocycles. The molecule has 0 saturated carbocycles. The molecule has 3 heterocycles. The molecule has 0 spiro atoms. The Bertz CT molecular complexity index is 1090. The van der Waals surface area contributed by atoms with Gasteiger partial charge in [-0.3, -0.25) is 4.90 Å². The third-order valence-corrected chi connectivity index (χ3v) is 5.93. The third-order valence-electron chi connectivity index (χ3n) is 4.58. The zero-order valence-corrected chi connectivity index (χ0v) is 17.2. The fourth-order valence-corrected chi connectivity index (χ4v) is 4.07. The smallest absolute Gasteiger partial charge is 0.465 e. The number of fused-ring (bicyclic) bond motifs is 1. The SMILES string of the molecule is C[C@H]1CN(c2cnc3nc(OS(=O)(=O)C(F)(F)F)ccc3c2Cl)C[C@H](C)N1C(=O)O. The largest absolute Gasteiger partial charge is 0.534 e. The number of anilines is 1. The van der Waals surface area contributed by atoms with Crippen LogP contribution < -0.4 is 9.08 Å². The Labute approximate surface area is 174 Å². The van der Waals surface area contributed by atoms with E-state index in [0.29, 0.717) is 18.8 Å². The zero-order chi connectivity index (χ0) is 22.4. The van der Waals surface area contributed by atoms with Gasteiger partial charge in [0.2, 0.25) is 5.88 Å². The van der Waals surface area contributed by atoms with Crippen molar-refractivity contribution in [3.05, 3.63) is 23.4 Å². The molecular weight excluding hydrogens is 453 g/mol. The summed E-state index contributed by atoms with van der Waals surface area (Å²) in [5.41, 5.74) is -5.21. The van der Waals surface area contributed by atoms with Crippen molar-refractivity contribution >= 4 is 44.5 Å². The number of carboxylic acid groups (broad SMARTS) is 1. The molecule has 30 heavy (non-hydrogen) atoms. The summed E-state index contributed by atoms with van der Waals surface area (Å²) in [6.07, 6.45) is 0.318. The Morgan fingerprint density at radius 1 is 1.27 bits per heavy atom. The minimum absolute atomic E-state index is 0.108. The Balaban J connectivity index is 1.91. The highest BCUT2D eigenvalue weighted by molar-refractivity contribution is 7.87. The van der Waals surface area contributed by atoms with E-state index in [1.165, 1.54) is 17.2 Å². The molecule has 164 valence electrons. The lowest BCUT2D eigenvalue weighted by atomic mass is 10.1. The highest BCUT2D eigenvalue weighted by Crippen LogP contribution is 2.35. The van der Waals surface area contributed by atoms with E-state index >= 15 is 0 Å². The fraction of sp³-hybridized carbons (Fsp3) is 0.438. The molecule has 1 aliphatic heterocycles. The number of hydrogen-bond acceptors (Lipinski definition) is 7. The van der Waals surface area contributed by atoms with Crippen molar-refractivity contribution in [2.24, 2.45) is 0 Å². The first-order chi connectivity index (χ1) is 13.8. The van der Waals surface area contributed by atoms with Gasteiger partial charge in [0.15, 0.2) is 5.65 Å². The molecule has 0 aliphatic carbocycles. The maximum atomic E-state index is 12.5. The van der Waals surface area contributed by atoms with E-state index < -0.39 is 27.6 Å². The topological polar surface area (TPSA) is 113 Å². The Hall–Kier alpha value is -2.54. The average Bonchev–Trinajstić information content (AvgIpc) is 2.59. The van der Waals surface area contributed by atoms with Gasteiger partial charge >= 0.3 is 21.7 Å². The van der Waals surface area contributed by atoms with Crippen LogP contribution in [0.3, 0.4) is 0 Å². The molecule has 1 amide bonds. The molecule has 14 heteroatoms. The lowest BCUT2D eigenvalue weighted by Crippen LogP contribution is -2.58. The minimum Gasteiger partial charge on any atom is -0.465 e. The number of piperazine rings is 1. The second kappa shape index (κ2) is 7.61. The van der Waals surface area contributed by atoms with Crippen LogP contribution in [0.25, 0.3) is 11.0 Å². The van der Waals surface area contributed by atoms with Crippen molar-refractivity contribution < 1.29 is 35.7 Å². The van der Waals surface area contributed by atoms with Crippen molar-refractivity contribution in [3.63, 3.8) is 0 Å². The average molecular weight is 469 g/mol. The van der Waals surface area contributed by atoms with E-state index in [0.717, 1.165) is 6.07 Å². The van der Waals surface area contributed by atoms with Crippen LogP contribution >= 0.6 is 11.6 Å². The van der Waals surface area contributed by atoms with Crippen LogP contribution in [0.15, 0.2) is 18.3 Å². The van der Waals surface area contributed by atoms with Gasteiger partial charge in [0, 0.05) is 24.5 Å². The number of pyridine rings is 2. The van der Waals surface area contributed by atoms with Gasteiger partial charge in [-0.05, 0) is 19.9 Å². The van der Waals surface area contributed by atoms with Crippen molar-refractivity contribution in [3.8, 4) is 5.88 Å². The predicted octanol–water partition coefficient (Wildman–Crippen LogP) is 3.09. The van der Waals surface area contributed by atoms with Crippen LogP contribution in [0.2, 0.25) is 5.02 Å². The first-order valence-corrected chi connectivity index (χ1v) is 10.3. The fourth-order valence-electron chi connectivity index (χ4n) is 3.34. The molecule has 2 aromatic rings. The molecule has 1 fully saturated rings. The summed E-state index contributed by atoms with van der Waals surface area (Å²) in [5.74, 6) is -0.798. The summed E-state index contributed by atoms with van der Waals surface area (Å²) in [4.78, 5) is 22.3. The summed E-state index contributed by atoms with van der Waals surface area (Å²) < 4.78 is 63.7. The lowest BCUT2D eigenvalue weighted by molar-refractivity contribution is -0.0501. The molecule has 0 bridgehead atoms. The number of aromatic nitrogens is 2. The van der Waals surface area contributed by atoms with E-state index in [9.17, 15) is 31.5 Å². The number of halogens is 4. The number of hydrogen-bond donors (Lipinski definition) is 1. The first kappa shape index (κ1) is 22.2.